The summed E-state index contributed by atoms with van der Waals surface area (Å²) in [6.45, 7) is 0. The van der Waals surface area contributed by atoms with Crippen molar-refractivity contribution < 1.29 is 18.0 Å². The second-order valence-electron chi connectivity index (χ2n) is 4.91. The third kappa shape index (κ3) is 2.94. The number of carbonyl (C=O) groups is 1. The van der Waals surface area contributed by atoms with E-state index in [1.165, 1.54) is 23.5 Å². The maximum absolute atomic E-state index is 12.5. The van der Waals surface area contributed by atoms with E-state index in [-0.39, 0.29) is 5.56 Å². The van der Waals surface area contributed by atoms with Crippen molar-refractivity contribution in [1.82, 2.24) is 9.36 Å². The van der Waals surface area contributed by atoms with Gasteiger partial charge < -0.3 is 0 Å². The zero-order valence-corrected chi connectivity index (χ0v) is 13.7. The van der Waals surface area contributed by atoms with Crippen molar-refractivity contribution in [1.29, 1.82) is 0 Å². The summed E-state index contributed by atoms with van der Waals surface area (Å²) in [5, 5.41) is 1.07. The Bertz CT molecular complexity index is 908. The predicted octanol–water partition coefficient (Wildman–Crippen LogP) is 4.64. The first-order chi connectivity index (χ1) is 11.3. The molecular weight excluding hydrogens is 363 g/mol. The molecule has 3 rings (SSSR count). The summed E-state index contributed by atoms with van der Waals surface area (Å²) >= 11 is 7.34. The maximum Gasteiger partial charge on any atom is 0.433 e. The number of hydrogen-bond acceptors (Lipinski definition) is 4. The van der Waals surface area contributed by atoms with Gasteiger partial charge in [0, 0.05) is 13.2 Å². The van der Waals surface area contributed by atoms with Crippen LogP contribution in [0, 0.1) is 0 Å². The molecule has 0 atom stereocenters. The van der Waals surface area contributed by atoms with Crippen LogP contribution in [0.5, 0.6) is 0 Å². The molecule has 0 saturated heterocycles. The van der Waals surface area contributed by atoms with Gasteiger partial charge in [-0.1, -0.05) is 17.7 Å². The van der Waals surface area contributed by atoms with Crippen LogP contribution in [0.3, 0.4) is 0 Å². The van der Waals surface area contributed by atoms with Gasteiger partial charge in [-0.05, 0) is 35.8 Å². The van der Waals surface area contributed by atoms with E-state index in [2.05, 4.69) is 9.36 Å². The lowest BCUT2D eigenvalue weighted by Gasteiger charge is -2.15. The van der Waals surface area contributed by atoms with Crippen molar-refractivity contribution in [3.05, 3.63) is 52.8 Å². The first-order valence-electron chi connectivity index (χ1n) is 6.64. The van der Waals surface area contributed by atoms with Crippen LogP contribution in [0.4, 0.5) is 19.0 Å². The number of rotatable bonds is 2. The van der Waals surface area contributed by atoms with E-state index in [1.54, 1.807) is 12.1 Å². The van der Waals surface area contributed by atoms with Crippen LogP contribution in [0.1, 0.15) is 16.1 Å². The van der Waals surface area contributed by atoms with Gasteiger partial charge in [0.25, 0.3) is 5.91 Å². The summed E-state index contributed by atoms with van der Waals surface area (Å²) in [4.78, 5) is 17.0. The van der Waals surface area contributed by atoms with Crippen molar-refractivity contribution >= 4 is 44.9 Å². The highest BCUT2D eigenvalue weighted by molar-refractivity contribution is 7.13. The standard InChI is InChI=1S/C15H9ClF3N3OS/c1-22(13-12-9(16)3-2-4-10(12)24-21-13)14(23)8-5-6-11(20-7-8)15(17,18)19/h2-7H,1H3. The molecule has 124 valence electrons. The highest BCUT2D eigenvalue weighted by Crippen LogP contribution is 2.35. The Balaban J connectivity index is 1.94. The van der Waals surface area contributed by atoms with E-state index in [0.717, 1.165) is 23.0 Å². The summed E-state index contributed by atoms with van der Waals surface area (Å²) in [6.07, 6.45) is -3.65. The summed E-state index contributed by atoms with van der Waals surface area (Å²) in [5.41, 5.74) is -1.03. The molecule has 2 aromatic heterocycles. The van der Waals surface area contributed by atoms with Gasteiger partial charge in [0.15, 0.2) is 5.82 Å². The van der Waals surface area contributed by atoms with Gasteiger partial charge in [-0.15, -0.1) is 0 Å². The summed E-state index contributed by atoms with van der Waals surface area (Å²) in [7, 11) is 1.48. The Labute approximate surface area is 143 Å². The second-order valence-corrected chi connectivity index (χ2v) is 6.13. The Hall–Kier alpha value is -2.19. The van der Waals surface area contributed by atoms with Crippen molar-refractivity contribution in [3.63, 3.8) is 0 Å². The molecule has 0 N–H and O–H groups in total. The fourth-order valence-corrected chi connectivity index (χ4v) is 3.29. The predicted molar refractivity (Wildman–Crippen MR) is 86.6 cm³/mol. The van der Waals surface area contributed by atoms with Crippen molar-refractivity contribution in [2.45, 2.75) is 6.18 Å². The van der Waals surface area contributed by atoms with Crippen LogP contribution in [0.2, 0.25) is 5.02 Å². The van der Waals surface area contributed by atoms with Crippen LogP contribution in [-0.4, -0.2) is 22.3 Å². The lowest BCUT2D eigenvalue weighted by molar-refractivity contribution is -0.141. The van der Waals surface area contributed by atoms with Gasteiger partial charge in [-0.2, -0.15) is 17.5 Å². The molecule has 0 aliphatic heterocycles. The number of anilines is 1. The Morgan fingerprint density at radius 1 is 1.25 bits per heavy atom. The molecule has 1 aromatic carbocycles. The highest BCUT2D eigenvalue weighted by Gasteiger charge is 2.32. The minimum atomic E-state index is -4.55. The van der Waals surface area contributed by atoms with E-state index < -0.39 is 17.8 Å². The molecule has 0 bridgehead atoms. The minimum Gasteiger partial charge on any atom is -0.294 e. The average molecular weight is 372 g/mol. The van der Waals surface area contributed by atoms with Crippen LogP contribution >= 0.6 is 23.1 Å². The van der Waals surface area contributed by atoms with Crippen molar-refractivity contribution in [2.75, 3.05) is 11.9 Å². The lowest BCUT2D eigenvalue weighted by atomic mass is 10.2. The molecule has 0 radical (unpaired) electrons. The first kappa shape index (κ1) is 16.7. The van der Waals surface area contributed by atoms with Gasteiger partial charge >= 0.3 is 6.18 Å². The molecule has 0 fully saturated rings. The van der Waals surface area contributed by atoms with Crippen LogP contribution in [0.25, 0.3) is 10.1 Å². The number of fused-ring (bicyclic) bond motifs is 1. The van der Waals surface area contributed by atoms with Crippen LogP contribution in [-0.2, 0) is 6.18 Å². The van der Waals surface area contributed by atoms with E-state index in [1.807, 2.05) is 6.07 Å². The first-order valence-corrected chi connectivity index (χ1v) is 7.79. The molecule has 0 aliphatic rings. The monoisotopic (exact) mass is 371 g/mol. The minimum absolute atomic E-state index is 0.0266. The maximum atomic E-state index is 12.5. The smallest absolute Gasteiger partial charge is 0.294 e. The van der Waals surface area contributed by atoms with Crippen LogP contribution in [0.15, 0.2) is 36.5 Å². The fourth-order valence-electron chi connectivity index (χ4n) is 2.14. The summed E-state index contributed by atoms with van der Waals surface area (Å²) in [6, 6.07) is 7.13. The lowest BCUT2D eigenvalue weighted by Crippen LogP contribution is -2.27. The molecule has 9 heteroatoms. The van der Waals surface area contributed by atoms with E-state index in [0.29, 0.717) is 16.2 Å². The van der Waals surface area contributed by atoms with Crippen molar-refractivity contribution in [2.24, 2.45) is 0 Å². The molecule has 0 unspecified atom stereocenters. The second kappa shape index (κ2) is 6.03. The molecule has 0 aliphatic carbocycles. The zero-order valence-electron chi connectivity index (χ0n) is 12.1. The average Bonchev–Trinajstić information content (AvgIpc) is 2.98. The van der Waals surface area contributed by atoms with Gasteiger partial charge in [0.2, 0.25) is 0 Å². The quantitative estimate of drug-likeness (QED) is 0.659. The number of benzene rings is 1. The molecule has 1 amide bonds. The molecule has 0 saturated carbocycles. The summed E-state index contributed by atoms with van der Waals surface area (Å²) < 4.78 is 42.7. The molecular formula is C15H9ClF3N3OS. The SMILES string of the molecule is CN(C(=O)c1ccc(C(F)(F)F)nc1)c1nsc2cccc(Cl)c12. The zero-order chi connectivity index (χ0) is 17.5. The van der Waals surface area contributed by atoms with E-state index in [9.17, 15) is 18.0 Å². The molecule has 3 aromatic rings. The fraction of sp³-hybridized carbons (Fsp3) is 0.133. The number of alkyl halides is 3. The van der Waals surface area contributed by atoms with Gasteiger partial charge in [-0.3, -0.25) is 14.7 Å². The molecule has 4 nitrogen and oxygen atoms in total. The number of hydrogen-bond donors (Lipinski definition) is 0. The Kier molecular flexibility index (Phi) is 4.18. The highest BCUT2D eigenvalue weighted by atomic mass is 35.5. The number of pyridine rings is 1. The molecule has 24 heavy (non-hydrogen) atoms. The largest absolute Gasteiger partial charge is 0.433 e. The van der Waals surface area contributed by atoms with Crippen molar-refractivity contribution in [3.8, 4) is 0 Å². The number of carbonyl (C=O) groups excluding carboxylic acids is 1. The van der Waals surface area contributed by atoms with E-state index >= 15 is 0 Å². The molecule has 2 heterocycles. The third-order valence-electron chi connectivity index (χ3n) is 3.35. The topological polar surface area (TPSA) is 46.1 Å². The van der Waals surface area contributed by atoms with E-state index in [4.69, 9.17) is 11.6 Å². The number of aromatic nitrogens is 2. The summed E-state index contributed by atoms with van der Waals surface area (Å²) in [5.74, 6) is -0.172. The van der Waals surface area contributed by atoms with Gasteiger partial charge in [0.1, 0.15) is 5.69 Å². The Morgan fingerprint density at radius 3 is 2.62 bits per heavy atom. The Morgan fingerprint density at radius 2 is 2.00 bits per heavy atom. The van der Waals surface area contributed by atoms with Crippen LogP contribution < -0.4 is 4.90 Å². The number of nitrogens with zero attached hydrogens (tertiary/aromatic N) is 3. The number of halogens is 4. The molecule has 0 spiro atoms. The number of amides is 1. The normalized spacial score (nSPS) is 11.7. The van der Waals surface area contributed by atoms with Gasteiger partial charge in [0.05, 0.1) is 20.7 Å². The third-order valence-corrected chi connectivity index (χ3v) is 4.47. The van der Waals surface area contributed by atoms with Gasteiger partial charge in [-0.25, -0.2) is 0 Å².